The summed E-state index contributed by atoms with van der Waals surface area (Å²) < 4.78 is 0. The first kappa shape index (κ1) is 14.3. The second-order valence-corrected chi connectivity index (χ2v) is 6.11. The van der Waals surface area contributed by atoms with Gasteiger partial charge in [0, 0.05) is 36.8 Å². The molecule has 19 heavy (non-hydrogen) atoms. The highest BCUT2D eigenvalue weighted by Crippen LogP contribution is 2.21. The Morgan fingerprint density at radius 3 is 2.79 bits per heavy atom. The van der Waals surface area contributed by atoms with Crippen LogP contribution < -0.4 is 5.32 Å². The third kappa shape index (κ3) is 3.66. The monoisotopic (exact) mass is 278 g/mol. The van der Waals surface area contributed by atoms with Crippen LogP contribution >= 0.6 is 11.8 Å². The number of hydrogen-bond acceptors (Lipinski definition) is 3. The molecule has 104 valence electrons. The lowest BCUT2D eigenvalue weighted by molar-refractivity contribution is 0.0773. The molecule has 1 N–H and O–H groups in total. The fraction of sp³-hybridized carbons (Fsp3) is 0.533. The molecule has 0 atom stereocenters. The quantitative estimate of drug-likeness (QED) is 0.919. The Balaban J connectivity index is 2.19. The lowest BCUT2D eigenvalue weighted by Crippen LogP contribution is -2.38. The van der Waals surface area contributed by atoms with Crippen molar-refractivity contribution < 1.29 is 4.79 Å². The number of benzene rings is 1. The summed E-state index contributed by atoms with van der Waals surface area (Å²) >= 11 is 1.92. The van der Waals surface area contributed by atoms with Gasteiger partial charge in [-0.25, -0.2) is 0 Å². The predicted octanol–water partition coefficient (Wildman–Crippen LogP) is 3.01. The average Bonchev–Trinajstić information content (AvgIpc) is 2.45. The summed E-state index contributed by atoms with van der Waals surface area (Å²) in [4.78, 5) is 14.5. The van der Waals surface area contributed by atoms with Gasteiger partial charge >= 0.3 is 0 Å². The minimum Gasteiger partial charge on any atom is -0.384 e. The van der Waals surface area contributed by atoms with Gasteiger partial charge in [0.1, 0.15) is 0 Å². The number of aryl methyl sites for hydroxylation is 1. The van der Waals surface area contributed by atoms with Crippen LogP contribution in [0, 0.1) is 6.92 Å². The van der Waals surface area contributed by atoms with E-state index < -0.39 is 0 Å². The summed E-state index contributed by atoms with van der Waals surface area (Å²) in [6.45, 7) is 6.82. The predicted molar refractivity (Wildman–Crippen MR) is 83.2 cm³/mol. The van der Waals surface area contributed by atoms with Gasteiger partial charge in [0.25, 0.3) is 5.91 Å². The van der Waals surface area contributed by atoms with Crippen LogP contribution in [0.25, 0.3) is 0 Å². The maximum Gasteiger partial charge on any atom is 0.256 e. The van der Waals surface area contributed by atoms with Crippen LogP contribution in [-0.2, 0) is 0 Å². The van der Waals surface area contributed by atoms with Gasteiger partial charge in [0.15, 0.2) is 0 Å². The van der Waals surface area contributed by atoms with Gasteiger partial charge in [-0.3, -0.25) is 4.79 Å². The second kappa shape index (κ2) is 6.85. The number of rotatable bonds is 4. The lowest BCUT2D eigenvalue weighted by atomic mass is 10.1. The van der Waals surface area contributed by atoms with E-state index in [-0.39, 0.29) is 5.91 Å². The lowest BCUT2D eigenvalue weighted by Gasteiger charge is -2.27. The van der Waals surface area contributed by atoms with Gasteiger partial charge in [0.05, 0.1) is 5.56 Å². The Morgan fingerprint density at radius 1 is 1.37 bits per heavy atom. The SMILES string of the molecule is CCCNc1cc(C)ccc1C(=O)N1CCSCC1. The highest BCUT2D eigenvalue weighted by molar-refractivity contribution is 7.99. The number of nitrogens with one attached hydrogen (secondary N) is 1. The molecule has 1 amide bonds. The fourth-order valence-electron chi connectivity index (χ4n) is 2.19. The smallest absolute Gasteiger partial charge is 0.256 e. The summed E-state index contributed by atoms with van der Waals surface area (Å²) in [6.07, 6.45) is 1.06. The van der Waals surface area contributed by atoms with Crippen molar-refractivity contribution >= 4 is 23.4 Å². The number of hydrogen-bond donors (Lipinski definition) is 1. The molecule has 0 radical (unpaired) electrons. The first-order valence-corrected chi connectivity index (χ1v) is 8.09. The Kier molecular flexibility index (Phi) is 5.14. The Morgan fingerprint density at radius 2 is 2.11 bits per heavy atom. The van der Waals surface area contributed by atoms with Crippen LogP contribution in [0.3, 0.4) is 0 Å². The number of amides is 1. The molecule has 0 unspecified atom stereocenters. The zero-order valence-corrected chi connectivity index (χ0v) is 12.6. The first-order chi connectivity index (χ1) is 9.22. The summed E-state index contributed by atoms with van der Waals surface area (Å²) in [7, 11) is 0. The van der Waals surface area contributed by atoms with E-state index in [0.29, 0.717) is 0 Å². The van der Waals surface area contributed by atoms with Gasteiger partial charge in [-0.05, 0) is 31.0 Å². The van der Waals surface area contributed by atoms with E-state index in [1.165, 1.54) is 5.56 Å². The van der Waals surface area contributed by atoms with Crippen LogP contribution in [0.5, 0.6) is 0 Å². The van der Waals surface area contributed by atoms with E-state index in [9.17, 15) is 4.79 Å². The Bertz CT molecular complexity index is 442. The minimum atomic E-state index is 0.166. The molecule has 1 heterocycles. The zero-order chi connectivity index (χ0) is 13.7. The molecule has 4 heteroatoms. The topological polar surface area (TPSA) is 32.3 Å². The van der Waals surface area contributed by atoms with Crippen LogP contribution in [0.4, 0.5) is 5.69 Å². The van der Waals surface area contributed by atoms with Gasteiger partial charge in [-0.2, -0.15) is 11.8 Å². The average molecular weight is 278 g/mol. The molecule has 1 aliphatic heterocycles. The van der Waals surface area contributed by atoms with Gasteiger partial charge in [-0.15, -0.1) is 0 Å². The molecular weight excluding hydrogens is 256 g/mol. The second-order valence-electron chi connectivity index (χ2n) is 4.88. The normalized spacial score (nSPS) is 15.4. The van der Waals surface area contributed by atoms with Gasteiger partial charge < -0.3 is 10.2 Å². The van der Waals surface area contributed by atoms with Crippen molar-refractivity contribution in [2.45, 2.75) is 20.3 Å². The van der Waals surface area contributed by atoms with Gasteiger partial charge in [-0.1, -0.05) is 13.0 Å². The van der Waals surface area contributed by atoms with Crippen molar-refractivity contribution in [3.8, 4) is 0 Å². The summed E-state index contributed by atoms with van der Waals surface area (Å²) in [6, 6.07) is 6.04. The molecule has 1 aliphatic rings. The molecule has 0 saturated carbocycles. The van der Waals surface area contributed by atoms with E-state index in [1.807, 2.05) is 28.8 Å². The summed E-state index contributed by atoms with van der Waals surface area (Å²) in [5.41, 5.74) is 2.97. The van der Waals surface area contributed by atoms with E-state index in [2.05, 4.69) is 25.2 Å². The molecule has 3 nitrogen and oxygen atoms in total. The van der Waals surface area contributed by atoms with Crippen molar-refractivity contribution in [1.82, 2.24) is 4.90 Å². The zero-order valence-electron chi connectivity index (χ0n) is 11.7. The van der Waals surface area contributed by atoms with Gasteiger partial charge in [0.2, 0.25) is 0 Å². The number of nitrogens with zero attached hydrogens (tertiary/aromatic N) is 1. The van der Waals surface area contributed by atoms with Crippen LogP contribution in [0.1, 0.15) is 29.3 Å². The van der Waals surface area contributed by atoms with Crippen LogP contribution in [0.2, 0.25) is 0 Å². The minimum absolute atomic E-state index is 0.166. The van der Waals surface area contributed by atoms with Crippen molar-refractivity contribution in [1.29, 1.82) is 0 Å². The van der Waals surface area contributed by atoms with Crippen LogP contribution in [0.15, 0.2) is 18.2 Å². The van der Waals surface area contributed by atoms with Crippen molar-refractivity contribution in [3.63, 3.8) is 0 Å². The fourth-order valence-corrected chi connectivity index (χ4v) is 3.09. The Labute approximate surface area is 119 Å². The molecule has 1 saturated heterocycles. The van der Waals surface area contributed by atoms with E-state index in [1.54, 1.807) is 0 Å². The molecule has 0 aliphatic carbocycles. The highest BCUT2D eigenvalue weighted by Gasteiger charge is 2.20. The number of carbonyl (C=O) groups is 1. The third-order valence-electron chi connectivity index (χ3n) is 3.27. The molecule has 0 spiro atoms. The van der Waals surface area contributed by atoms with E-state index in [4.69, 9.17) is 0 Å². The largest absolute Gasteiger partial charge is 0.384 e. The first-order valence-electron chi connectivity index (χ1n) is 6.94. The molecular formula is C15H22N2OS. The van der Waals surface area contributed by atoms with Crippen molar-refractivity contribution in [2.24, 2.45) is 0 Å². The maximum absolute atomic E-state index is 12.6. The number of carbonyl (C=O) groups excluding carboxylic acids is 1. The highest BCUT2D eigenvalue weighted by atomic mass is 32.2. The molecule has 1 aromatic carbocycles. The standard InChI is InChI=1S/C15H22N2OS/c1-3-6-16-14-11-12(2)4-5-13(14)15(18)17-7-9-19-10-8-17/h4-5,11,16H,3,6-10H2,1-2H3. The molecule has 0 aromatic heterocycles. The Hall–Kier alpha value is -1.16. The number of anilines is 1. The molecule has 1 fully saturated rings. The summed E-state index contributed by atoms with van der Waals surface area (Å²) in [5, 5.41) is 3.37. The van der Waals surface area contributed by atoms with Crippen molar-refractivity contribution in [3.05, 3.63) is 29.3 Å². The molecule has 1 aromatic rings. The molecule has 0 bridgehead atoms. The number of thioether (sulfide) groups is 1. The third-order valence-corrected chi connectivity index (χ3v) is 4.21. The van der Waals surface area contributed by atoms with E-state index >= 15 is 0 Å². The summed E-state index contributed by atoms with van der Waals surface area (Å²) in [5.74, 6) is 2.27. The van der Waals surface area contributed by atoms with E-state index in [0.717, 1.165) is 48.8 Å². The molecule has 2 rings (SSSR count). The van der Waals surface area contributed by atoms with Crippen LogP contribution in [-0.4, -0.2) is 41.9 Å². The van der Waals surface area contributed by atoms with Crippen molar-refractivity contribution in [2.75, 3.05) is 36.5 Å². The maximum atomic E-state index is 12.6.